The summed E-state index contributed by atoms with van der Waals surface area (Å²) in [6.07, 6.45) is 3.82. The molecule has 0 bridgehead atoms. The fourth-order valence-electron chi connectivity index (χ4n) is 2.05. The van der Waals surface area contributed by atoms with Gasteiger partial charge in [0.1, 0.15) is 5.60 Å². The van der Waals surface area contributed by atoms with E-state index in [9.17, 15) is 14.7 Å². The van der Waals surface area contributed by atoms with Crippen LogP contribution in [0.1, 0.15) is 67.2 Å². The van der Waals surface area contributed by atoms with Crippen molar-refractivity contribution in [2.45, 2.75) is 52.1 Å². The molecule has 0 heterocycles. The van der Waals surface area contributed by atoms with Gasteiger partial charge in [0.05, 0.1) is 16.1 Å². The third-order valence-corrected chi connectivity index (χ3v) is 4.46. The third kappa shape index (κ3) is 5.29. The number of rotatable bonds is 7. The quantitative estimate of drug-likeness (QED) is 0.505. The van der Waals surface area contributed by atoms with Gasteiger partial charge in [-0.2, -0.15) is 0 Å². The zero-order chi connectivity index (χ0) is 16.9. The molecule has 22 heavy (non-hydrogen) atoms. The first-order valence-corrected chi connectivity index (χ1v) is 8.30. The number of aromatic carboxylic acids is 1. The van der Waals surface area contributed by atoms with Crippen LogP contribution in [0.25, 0.3) is 0 Å². The van der Waals surface area contributed by atoms with Gasteiger partial charge >= 0.3 is 11.9 Å². The van der Waals surface area contributed by atoms with Crippen LogP contribution in [-0.4, -0.2) is 22.6 Å². The van der Waals surface area contributed by atoms with Gasteiger partial charge in [0.25, 0.3) is 0 Å². The Hall–Kier alpha value is -1.07. The standard InChI is InChI=1S/C16H20BrClO4/c1-4-5-6-7-16(2,3)22-15(21)11-8-12(17)13(18)9-10(11)14(19)20/h8-9H,4-7H2,1-3H3,(H,19,20). The van der Waals surface area contributed by atoms with E-state index in [1.54, 1.807) is 0 Å². The molecule has 4 nitrogen and oxygen atoms in total. The van der Waals surface area contributed by atoms with Gasteiger partial charge in [-0.25, -0.2) is 9.59 Å². The van der Waals surface area contributed by atoms with Crippen molar-refractivity contribution in [1.29, 1.82) is 0 Å². The van der Waals surface area contributed by atoms with Crippen molar-refractivity contribution in [3.8, 4) is 0 Å². The number of hydrogen-bond donors (Lipinski definition) is 1. The first-order valence-electron chi connectivity index (χ1n) is 7.13. The molecule has 0 radical (unpaired) electrons. The minimum absolute atomic E-state index is 0.00709. The maximum absolute atomic E-state index is 12.3. The predicted octanol–water partition coefficient (Wildman–Crippen LogP) is 5.32. The molecule has 0 unspecified atom stereocenters. The molecule has 0 aromatic heterocycles. The van der Waals surface area contributed by atoms with Crippen LogP contribution in [0.4, 0.5) is 0 Å². The number of ether oxygens (including phenoxy) is 1. The summed E-state index contributed by atoms with van der Waals surface area (Å²) >= 11 is 9.09. The monoisotopic (exact) mass is 390 g/mol. The lowest BCUT2D eigenvalue weighted by molar-refractivity contribution is -0.00575. The average molecular weight is 392 g/mol. The molecule has 1 N–H and O–H groups in total. The summed E-state index contributed by atoms with van der Waals surface area (Å²) in [5.41, 5.74) is -0.816. The Morgan fingerprint density at radius 3 is 2.45 bits per heavy atom. The SMILES string of the molecule is CCCCCC(C)(C)OC(=O)c1cc(Br)c(Cl)cc1C(=O)O. The highest BCUT2D eigenvalue weighted by Crippen LogP contribution is 2.28. The van der Waals surface area contributed by atoms with Gasteiger partial charge in [-0.3, -0.25) is 0 Å². The number of unbranched alkanes of at least 4 members (excludes halogenated alkanes) is 2. The summed E-state index contributed by atoms with van der Waals surface area (Å²) in [7, 11) is 0. The number of carbonyl (C=O) groups is 2. The van der Waals surface area contributed by atoms with E-state index in [2.05, 4.69) is 22.9 Å². The van der Waals surface area contributed by atoms with E-state index in [1.165, 1.54) is 12.1 Å². The Balaban J connectivity index is 2.98. The number of benzene rings is 1. The van der Waals surface area contributed by atoms with Gasteiger partial charge in [0.15, 0.2) is 0 Å². The highest BCUT2D eigenvalue weighted by Gasteiger charge is 2.27. The molecule has 1 aromatic rings. The van der Waals surface area contributed by atoms with E-state index >= 15 is 0 Å². The van der Waals surface area contributed by atoms with Crippen molar-refractivity contribution < 1.29 is 19.4 Å². The third-order valence-electron chi connectivity index (χ3n) is 3.26. The topological polar surface area (TPSA) is 63.6 Å². The molecule has 122 valence electrons. The molecule has 0 aliphatic heterocycles. The van der Waals surface area contributed by atoms with E-state index in [4.69, 9.17) is 16.3 Å². The molecule has 1 aromatic carbocycles. The molecule has 0 aliphatic rings. The molecular weight excluding hydrogens is 372 g/mol. The predicted molar refractivity (Wildman–Crippen MR) is 89.7 cm³/mol. The Bertz CT molecular complexity index is 570. The highest BCUT2D eigenvalue weighted by atomic mass is 79.9. The van der Waals surface area contributed by atoms with E-state index < -0.39 is 17.5 Å². The van der Waals surface area contributed by atoms with Gasteiger partial charge in [-0.15, -0.1) is 0 Å². The van der Waals surface area contributed by atoms with Crippen LogP contribution < -0.4 is 0 Å². The number of esters is 1. The van der Waals surface area contributed by atoms with Crippen LogP contribution in [-0.2, 0) is 4.74 Å². The minimum Gasteiger partial charge on any atom is -0.478 e. The van der Waals surface area contributed by atoms with Crippen LogP contribution in [0.15, 0.2) is 16.6 Å². The summed E-state index contributed by atoms with van der Waals surface area (Å²) in [5.74, 6) is -1.87. The molecular formula is C16H20BrClO4. The highest BCUT2D eigenvalue weighted by molar-refractivity contribution is 9.10. The molecule has 0 saturated heterocycles. The van der Waals surface area contributed by atoms with E-state index in [0.29, 0.717) is 4.47 Å². The fraction of sp³-hybridized carbons (Fsp3) is 0.500. The van der Waals surface area contributed by atoms with Crippen molar-refractivity contribution in [1.82, 2.24) is 0 Å². The maximum Gasteiger partial charge on any atom is 0.339 e. The van der Waals surface area contributed by atoms with Crippen LogP contribution in [0.5, 0.6) is 0 Å². The van der Waals surface area contributed by atoms with E-state index in [1.807, 2.05) is 13.8 Å². The van der Waals surface area contributed by atoms with Gasteiger partial charge in [0, 0.05) is 4.47 Å². The molecule has 0 saturated carbocycles. The lowest BCUT2D eigenvalue weighted by Gasteiger charge is -2.25. The normalized spacial score (nSPS) is 11.3. The van der Waals surface area contributed by atoms with Crippen molar-refractivity contribution in [2.24, 2.45) is 0 Å². The molecule has 6 heteroatoms. The van der Waals surface area contributed by atoms with Crippen molar-refractivity contribution in [3.05, 3.63) is 32.8 Å². The second-order valence-corrected chi connectivity index (χ2v) is 6.98. The first-order chi connectivity index (χ1) is 10.2. The number of carboxylic acid groups (broad SMARTS) is 1. The fourth-order valence-corrected chi connectivity index (χ4v) is 2.56. The summed E-state index contributed by atoms with van der Waals surface area (Å²) in [6, 6.07) is 2.63. The maximum atomic E-state index is 12.3. The Morgan fingerprint density at radius 1 is 1.27 bits per heavy atom. The second kappa shape index (κ2) is 7.97. The second-order valence-electron chi connectivity index (χ2n) is 5.72. The summed E-state index contributed by atoms with van der Waals surface area (Å²) in [6.45, 7) is 5.75. The van der Waals surface area contributed by atoms with Gasteiger partial charge in [0.2, 0.25) is 0 Å². The number of hydrogen-bond acceptors (Lipinski definition) is 3. The Morgan fingerprint density at radius 2 is 1.91 bits per heavy atom. The first kappa shape index (κ1) is 19.0. The van der Waals surface area contributed by atoms with Gasteiger partial charge in [-0.1, -0.05) is 31.4 Å². The van der Waals surface area contributed by atoms with Crippen LogP contribution in [0.2, 0.25) is 5.02 Å². The molecule has 0 fully saturated rings. The summed E-state index contributed by atoms with van der Waals surface area (Å²) < 4.78 is 5.94. The van der Waals surface area contributed by atoms with Crippen molar-refractivity contribution >= 4 is 39.5 Å². The van der Waals surface area contributed by atoms with Crippen LogP contribution in [0, 0.1) is 0 Å². The van der Waals surface area contributed by atoms with Crippen molar-refractivity contribution in [2.75, 3.05) is 0 Å². The lowest BCUT2D eigenvalue weighted by Crippen LogP contribution is -2.29. The lowest BCUT2D eigenvalue weighted by atomic mass is 10.00. The molecule has 0 atom stereocenters. The van der Waals surface area contributed by atoms with Crippen molar-refractivity contribution in [3.63, 3.8) is 0 Å². The van der Waals surface area contributed by atoms with E-state index in [-0.39, 0.29) is 16.1 Å². The molecule has 0 amide bonds. The van der Waals surface area contributed by atoms with Gasteiger partial charge < -0.3 is 9.84 Å². The minimum atomic E-state index is -1.22. The van der Waals surface area contributed by atoms with Gasteiger partial charge in [-0.05, 0) is 54.8 Å². The summed E-state index contributed by atoms with van der Waals surface area (Å²) in [5, 5.41) is 9.45. The average Bonchev–Trinajstić information content (AvgIpc) is 2.40. The smallest absolute Gasteiger partial charge is 0.339 e. The van der Waals surface area contributed by atoms with Crippen LogP contribution in [0.3, 0.4) is 0 Å². The Labute approximate surface area is 143 Å². The largest absolute Gasteiger partial charge is 0.478 e. The molecule has 0 aliphatic carbocycles. The van der Waals surface area contributed by atoms with Crippen LogP contribution >= 0.6 is 27.5 Å². The number of carboxylic acids is 1. The number of carbonyl (C=O) groups excluding carboxylic acids is 1. The molecule has 0 spiro atoms. The number of halogens is 2. The Kier molecular flexibility index (Phi) is 6.88. The van der Waals surface area contributed by atoms with E-state index in [0.717, 1.165) is 25.7 Å². The summed E-state index contributed by atoms with van der Waals surface area (Å²) in [4.78, 5) is 23.6. The molecule has 1 rings (SSSR count). The zero-order valence-corrected chi connectivity index (χ0v) is 15.3. The zero-order valence-electron chi connectivity index (χ0n) is 12.9.